The fraction of sp³-hybridized carbons (Fsp3) is 0.286. The highest BCUT2D eigenvalue weighted by Gasteiger charge is 2.02. The Hall–Kier alpha value is -2.14. The van der Waals surface area contributed by atoms with E-state index in [0.717, 1.165) is 17.3 Å². The fourth-order valence-electron chi connectivity index (χ4n) is 1.69. The van der Waals surface area contributed by atoms with Crippen LogP contribution in [0.5, 0.6) is 0 Å². The van der Waals surface area contributed by atoms with Gasteiger partial charge in [0.15, 0.2) is 0 Å². The third-order valence-corrected chi connectivity index (χ3v) is 2.53. The predicted octanol–water partition coefficient (Wildman–Crippen LogP) is 2.32. The summed E-state index contributed by atoms with van der Waals surface area (Å²) >= 11 is 0. The van der Waals surface area contributed by atoms with Crippen LogP contribution in [0.4, 0.5) is 17.3 Å². The number of benzene rings is 1. The maximum absolute atomic E-state index is 8.76. The molecule has 0 aliphatic rings. The number of aromatic nitrogens is 2. The zero-order valence-electron chi connectivity index (χ0n) is 10.9. The number of hydrogen-bond acceptors (Lipinski definition) is 5. The molecule has 100 valence electrons. The predicted molar refractivity (Wildman–Crippen MR) is 76.7 cm³/mol. The van der Waals surface area contributed by atoms with Crippen molar-refractivity contribution in [2.24, 2.45) is 0 Å². The standard InChI is InChI=1S/C14H18N4O/c1-11-16-13(15-8-5-9-19)10-14(17-11)18-12-6-3-2-4-7-12/h2-4,6-7,10,19H,5,8-9H2,1H3,(H2,15,16,17,18). The van der Waals surface area contributed by atoms with E-state index in [-0.39, 0.29) is 6.61 Å². The second-order valence-corrected chi connectivity index (χ2v) is 4.18. The maximum atomic E-state index is 8.76. The molecule has 5 nitrogen and oxygen atoms in total. The SMILES string of the molecule is Cc1nc(NCCCO)cc(Nc2ccccc2)n1. The third kappa shape index (κ3) is 4.22. The van der Waals surface area contributed by atoms with Gasteiger partial charge < -0.3 is 15.7 Å². The van der Waals surface area contributed by atoms with Crippen LogP contribution in [0, 0.1) is 6.92 Å². The number of aliphatic hydroxyl groups is 1. The molecule has 0 radical (unpaired) electrons. The summed E-state index contributed by atoms with van der Waals surface area (Å²) in [6, 6.07) is 11.7. The second-order valence-electron chi connectivity index (χ2n) is 4.18. The van der Waals surface area contributed by atoms with Gasteiger partial charge >= 0.3 is 0 Å². The fourth-order valence-corrected chi connectivity index (χ4v) is 1.69. The van der Waals surface area contributed by atoms with Gasteiger partial charge in [0, 0.05) is 24.9 Å². The largest absolute Gasteiger partial charge is 0.396 e. The van der Waals surface area contributed by atoms with Crippen molar-refractivity contribution in [3.63, 3.8) is 0 Å². The van der Waals surface area contributed by atoms with Crippen molar-refractivity contribution in [2.45, 2.75) is 13.3 Å². The first kappa shape index (κ1) is 13.3. The van der Waals surface area contributed by atoms with E-state index in [4.69, 9.17) is 5.11 Å². The molecule has 2 rings (SSSR count). The Morgan fingerprint density at radius 3 is 2.58 bits per heavy atom. The smallest absolute Gasteiger partial charge is 0.136 e. The molecule has 1 heterocycles. The molecule has 0 amide bonds. The van der Waals surface area contributed by atoms with Crippen LogP contribution in [0.1, 0.15) is 12.2 Å². The number of nitrogens with one attached hydrogen (secondary N) is 2. The number of para-hydroxylation sites is 1. The summed E-state index contributed by atoms with van der Waals surface area (Å²) in [6.07, 6.45) is 0.699. The molecule has 0 aliphatic heterocycles. The Balaban J connectivity index is 2.08. The molecule has 0 saturated carbocycles. The van der Waals surface area contributed by atoms with Crippen molar-refractivity contribution in [2.75, 3.05) is 23.8 Å². The average molecular weight is 258 g/mol. The van der Waals surface area contributed by atoms with E-state index < -0.39 is 0 Å². The van der Waals surface area contributed by atoms with Crippen LogP contribution >= 0.6 is 0 Å². The topological polar surface area (TPSA) is 70.1 Å². The van der Waals surface area contributed by atoms with E-state index in [2.05, 4.69) is 20.6 Å². The third-order valence-electron chi connectivity index (χ3n) is 2.53. The first-order chi connectivity index (χ1) is 9.28. The van der Waals surface area contributed by atoms with Crippen LogP contribution in [0.25, 0.3) is 0 Å². The summed E-state index contributed by atoms with van der Waals surface area (Å²) in [5.41, 5.74) is 0.988. The Morgan fingerprint density at radius 1 is 1.11 bits per heavy atom. The monoisotopic (exact) mass is 258 g/mol. The van der Waals surface area contributed by atoms with Crippen LogP contribution in [0.2, 0.25) is 0 Å². The first-order valence-electron chi connectivity index (χ1n) is 6.30. The van der Waals surface area contributed by atoms with Crippen LogP contribution < -0.4 is 10.6 Å². The molecule has 0 aliphatic carbocycles. The molecule has 0 atom stereocenters. The van der Waals surface area contributed by atoms with Gasteiger partial charge in [-0.1, -0.05) is 18.2 Å². The molecular formula is C14H18N4O. The van der Waals surface area contributed by atoms with E-state index in [0.29, 0.717) is 18.8 Å². The molecule has 0 saturated heterocycles. The Kier molecular flexibility index (Phi) is 4.69. The van der Waals surface area contributed by atoms with E-state index in [9.17, 15) is 0 Å². The second kappa shape index (κ2) is 6.70. The van der Waals surface area contributed by atoms with Crippen LogP contribution in [0.3, 0.4) is 0 Å². The van der Waals surface area contributed by atoms with Crippen molar-refractivity contribution < 1.29 is 5.11 Å². The van der Waals surface area contributed by atoms with Crippen molar-refractivity contribution in [3.05, 3.63) is 42.2 Å². The molecule has 1 aromatic carbocycles. The zero-order chi connectivity index (χ0) is 13.5. The molecule has 0 bridgehead atoms. The zero-order valence-corrected chi connectivity index (χ0v) is 10.9. The lowest BCUT2D eigenvalue weighted by molar-refractivity contribution is 0.292. The number of aliphatic hydroxyl groups excluding tert-OH is 1. The van der Waals surface area contributed by atoms with Crippen molar-refractivity contribution in [1.82, 2.24) is 9.97 Å². The number of rotatable bonds is 6. The molecule has 0 spiro atoms. The lowest BCUT2D eigenvalue weighted by Gasteiger charge is -2.09. The highest BCUT2D eigenvalue weighted by molar-refractivity contribution is 5.58. The van der Waals surface area contributed by atoms with Crippen molar-refractivity contribution >= 4 is 17.3 Å². The lowest BCUT2D eigenvalue weighted by atomic mass is 10.3. The number of nitrogens with zero attached hydrogens (tertiary/aromatic N) is 2. The van der Waals surface area contributed by atoms with Crippen molar-refractivity contribution in [3.8, 4) is 0 Å². The van der Waals surface area contributed by atoms with Gasteiger partial charge in [0.1, 0.15) is 17.5 Å². The molecule has 19 heavy (non-hydrogen) atoms. The van der Waals surface area contributed by atoms with Gasteiger partial charge in [-0.2, -0.15) is 0 Å². The molecule has 1 aromatic heterocycles. The highest BCUT2D eigenvalue weighted by atomic mass is 16.3. The summed E-state index contributed by atoms with van der Waals surface area (Å²) in [4.78, 5) is 8.65. The number of hydrogen-bond donors (Lipinski definition) is 3. The van der Waals surface area contributed by atoms with Gasteiger partial charge in [0.25, 0.3) is 0 Å². The van der Waals surface area contributed by atoms with Gasteiger partial charge in [0.05, 0.1) is 0 Å². The minimum absolute atomic E-state index is 0.173. The number of aryl methyl sites for hydroxylation is 1. The summed E-state index contributed by atoms with van der Waals surface area (Å²) in [5, 5.41) is 15.2. The maximum Gasteiger partial charge on any atom is 0.136 e. The molecule has 0 unspecified atom stereocenters. The molecule has 3 N–H and O–H groups in total. The highest BCUT2D eigenvalue weighted by Crippen LogP contribution is 2.16. The van der Waals surface area contributed by atoms with E-state index in [1.54, 1.807) is 0 Å². The normalized spacial score (nSPS) is 10.2. The van der Waals surface area contributed by atoms with Gasteiger partial charge in [-0.25, -0.2) is 9.97 Å². The average Bonchev–Trinajstić information content (AvgIpc) is 2.39. The quantitative estimate of drug-likeness (QED) is 0.694. The molecule has 2 aromatic rings. The van der Waals surface area contributed by atoms with E-state index in [1.807, 2.05) is 43.3 Å². The van der Waals surface area contributed by atoms with Gasteiger partial charge in [0.2, 0.25) is 0 Å². The summed E-state index contributed by atoms with van der Waals surface area (Å²) in [7, 11) is 0. The summed E-state index contributed by atoms with van der Waals surface area (Å²) < 4.78 is 0. The summed E-state index contributed by atoms with van der Waals surface area (Å²) in [5.74, 6) is 2.22. The van der Waals surface area contributed by atoms with Crippen LogP contribution in [0.15, 0.2) is 36.4 Å². The summed E-state index contributed by atoms with van der Waals surface area (Å²) in [6.45, 7) is 2.72. The molecule has 0 fully saturated rings. The van der Waals surface area contributed by atoms with Crippen LogP contribution in [-0.4, -0.2) is 28.2 Å². The Bertz CT molecular complexity index is 516. The van der Waals surface area contributed by atoms with Gasteiger partial charge in [-0.15, -0.1) is 0 Å². The van der Waals surface area contributed by atoms with Gasteiger partial charge in [-0.3, -0.25) is 0 Å². The molecular weight excluding hydrogens is 240 g/mol. The Labute approximate surface area is 112 Å². The van der Waals surface area contributed by atoms with E-state index >= 15 is 0 Å². The van der Waals surface area contributed by atoms with Crippen molar-refractivity contribution in [1.29, 1.82) is 0 Å². The van der Waals surface area contributed by atoms with E-state index in [1.165, 1.54) is 0 Å². The minimum Gasteiger partial charge on any atom is -0.396 e. The Morgan fingerprint density at radius 2 is 1.84 bits per heavy atom. The lowest BCUT2D eigenvalue weighted by Crippen LogP contribution is -2.07. The molecule has 5 heteroatoms. The van der Waals surface area contributed by atoms with Gasteiger partial charge in [-0.05, 0) is 25.5 Å². The minimum atomic E-state index is 0.173. The first-order valence-corrected chi connectivity index (χ1v) is 6.30. The number of anilines is 3. The van der Waals surface area contributed by atoms with Crippen LogP contribution in [-0.2, 0) is 0 Å².